The molecule has 1 unspecified atom stereocenters. The molecule has 3 heterocycles. The van der Waals surface area contributed by atoms with Crippen molar-refractivity contribution < 1.29 is 5.11 Å². The van der Waals surface area contributed by atoms with Crippen molar-refractivity contribution in [1.29, 1.82) is 0 Å². The number of aromatic hydroxyl groups is 1. The maximum atomic E-state index is 10.8. The van der Waals surface area contributed by atoms with E-state index in [-0.39, 0.29) is 6.04 Å². The van der Waals surface area contributed by atoms with Crippen molar-refractivity contribution in [3.8, 4) is 5.75 Å². The lowest BCUT2D eigenvalue weighted by Crippen LogP contribution is -2.30. The zero-order valence-electron chi connectivity index (χ0n) is 13.1. The molecule has 1 aliphatic heterocycles. The van der Waals surface area contributed by atoms with Crippen LogP contribution in [0.3, 0.4) is 0 Å². The second-order valence-electron chi connectivity index (χ2n) is 6.30. The van der Waals surface area contributed by atoms with Crippen LogP contribution in [0, 0.1) is 0 Å². The summed E-state index contributed by atoms with van der Waals surface area (Å²) in [4.78, 5) is 7.68. The predicted molar refractivity (Wildman–Crippen MR) is 95.3 cm³/mol. The molecule has 24 heavy (non-hydrogen) atoms. The Morgan fingerprint density at radius 1 is 1.04 bits per heavy atom. The molecule has 0 aliphatic carbocycles. The first-order chi connectivity index (χ1) is 11.8. The summed E-state index contributed by atoms with van der Waals surface area (Å²) in [6.07, 6.45) is 4.49. The number of fused-ring (bicyclic) bond motifs is 4. The number of nitrogens with zero attached hydrogens (tertiary/aromatic N) is 1. The van der Waals surface area contributed by atoms with Crippen LogP contribution in [0.4, 0.5) is 0 Å². The highest BCUT2D eigenvalue weighted by molar-refractivity contribution is 5.89. The summed E-state index contributed by atoms with van der Waals surface area (Å²) in [5.41, 5.74) is 4.57. The average Bonchev–Trinajstić information content (AvgIpc) is 3.01. The molecule has 5 rings (SSSR count). The molecule has 4 heteroatoms. The monoisotopic (exact) mass is 315 g/mol. The standard InChI is InChI=1S/C20H17N3O/c24-20-13-7-9-21-11-12(13)5-6-16(20)18-19-15(8-10-22-18)14-3-1-2-4-17(14)23-19/h1-7,9,11,18,22-24H,8,10H2. The fourth-order valence-electron chi connectivity index (χ4n) is 3.85. The largest absolute Gasteiger partial charge is 0.507 e. The first-order valence-electron chi connectivity index (χ1n) is 8.21. The highest BCUT2D eigenvalue weighted by Gasteiger charge is 2.27. The number of aromatic nitrogens is 2. The lowest BCUT2D eigenvalue weighted by Gasteiger charge is -2.26. The number of benzene rings is 2. The summed E-state index contributed by atoms with van der Waals surface area (Å²) in [6, 6.07) is 14.3. The molecular formula is C20H17N3O. The Labute approximate surface area is 139 Å². The zero-order valence-corrected chi connectivity index (χ0v) is 13.1. The molecule has 3 N–H and O–H groups in total. The lowest BCUT2D eigenvalue weighted by atomic mass is 9.92. The summed E-state index contributed by atoms with van der Waals surface area (Å²) >= 11 is 0. The van der Waals surface area contributed by atoms with Crippen LogP contribution in [0.2, 0.25) is 0 Å². The molecule has 0 spiro atoms. The second kappa shape index (κ2) is 5.08. The molecule has 0 saturated carbocycles. The van der Waals surface area contributed by atoms with Gasteiger partial charge in [-0.15, -0.1) is 0 Å². The number of nitrogens with one attached hydrogen (secondary N) is 2. The number of aromatic amines is 1. The summed E-state index contributed by atoms with van der Waals surface area (Å²) in [6.45, 7) is 0.896. The minimum Gasteiger partial charge on any atom is -0.507 e. The van der Waals surface area contributed by atoms with Crippen LogP contribution in [-0.2, 0) is 6.42 Å². The van der Waals surface area contributed by atoms with E-state index in [1.54, 1.807) is 12.4 Å². The Kier molecular flexibility index (Phi) is 2.87. The number of phenols is 1. The Bertz CT molecular complexity index is 1070. The highest BCUT2D eigenvalue weighted by Crippen LogP contribution is 2.39. The Balaban J connectivity index is 1.73. The number of rotatable bonds is 1. The topological polar surface area (TPSA) is 60.9 Å². The summed E-state index contributed by atoms with van der Waals surface area (Å²) in [7, 11) is 0. The van der Waals surface area contributed by atoms with Crippen LogP contribution in [0.1, 0.15) is 22.9 Å². The zero-order chi connectivity index (χ0) is 16.1. The quantitative estimate of drug-likeness (QED) is 0.502. The average molecular weight is 315 g/mol. The Morgan fingerprint density at radius 2 is 1.96 bits per heavy atom. The first-order valence-corrected chi connectivity index (χ1v) is 8.21. The molecule has 0 fully saturated rings. The van der Waals surface area contributed by atoms with Gasteiger partial charge in [-0.25, -0.2) is 0 Å². The minimum atomic E-state index is -0.0290. The van der Waals surface area contributed by atoms with Gasteiger partial charge >= 0.3 is 0 Å². The van der Waals surface area contributed by atoms with E-state index in [1.807, 2.05) is 24.3 Å². The number of hydrogen-bond donors (Lipinski definition) is 3. The molecule has 2 aromatic heterocycles. The SMILES string of the molecule is Oc1c(C2NCCc3c2[nH]c2ccccc32)ccc2cnccc12. The van der Waals surface area contributed by atoms with Crippen molar-refractivity contribution in [2.24, 2.45) is 0 Å². The van der Waals surface area contributed by atoms with E-state index < -0.39 is 0 Å². The van der Waals surface area contributed by atoms with Crippen molar-refractivity contribution in [2.75, 3.05) is 6.54 Å². The van der Waals surface area contributed by atoms with Crippen LogP contribution < -0.4 is 5.32 Å². The normalized spacial score (nSPS) is 17.2. The van der Waals surface area contributed by atoms with Gasteiger partial charge in [-0.2, -0.15) is 0 Å². The van der Waals surface area contributed by atoms with E-state index in [9.17, 15) is 5.11 Å². The molecule has 118 valence electrons. The van der Waals surface area contributed by atoms with E-state index in [0.717, 1.165) is 40.5 Å². The van der Waals surface area contributed by atoms with Gasteiger partial charge < -0.3 is 15.4 Å². The molecule has 4 aromatic rings. The van der Waals surface area contributed by atoms with E-state index in [4.69, 9.17) is 0 Å². The summed E-state index contributed by atoms with van der Waals surface area (Å²) < 4.78 is 0. The number of phenolic OH excluding ortho intramolecular Hbond substituents is 1. The number of hydrogen-bond acceptors (Lipinski definition) is 3. The molecule has 0 radical (unpaired) electrons. The van der Waals surface area contributed by atoms with Crippen molar-refractivity contribution in [2.45, 2.75) is 12.5 Å². The van der Waals surface area contributed by atoms with Crippen LogP contribution >= 0.6 is 0 Å². The van der Waals surface area contributed by atoms with Gasteiger partial charge in [0.15, 0.2) is 0 Å². The van der Waals surface area contributed by atoms with E-state index >= 15 is 0 Å². The maximum Gasteiger partial charge on any atom is 0.128 e. The second-order valence-corrected chi connectivity index (χ2v) is 6.30. The molecule has 0 bridgehead atoms. The van der Waals surface area contributed by atoms with Crippen molar-refractivity contribution in [3.05, 3.63) is 71.7 Å². The lowest BCUT2D eigenvalue weighted by molar-refractivity contribution is 0.458. The van der Waals surface area contributed by atoms with Crippen molar-refractivity contribution >= 4 is 21.7 Å². The van der Waals surface area contributed by atoms with E-state index in [2.05, 4.69) is 33.5 Å². The smallest absolute Gasteiger partial charge is 0.128 e. The van der Waals surface area contributed by atoms with Gasteiger partial charge in [-0.1, -0.05) is 30.3 Å². The van der Waals surface area contributed by atoms with Crippen LogP contribution in [0.25, 0.3) is 21.7 Å². The molecule has 0 amide bonds. The van der Waals surface area contributed by atoms with Crippen LogP contribution in [0.15, 0.2) is 54.9 Å². The molecule has 0 saturated heterocycles. The van der Waals surface area contributed by atoms with Gasteiger partial charge in [0, 0.05) is 51.9 Å². The fraction of sp³-hybridized carbons (Fsp3) is 0.150. The number of H-pyrrole nitrogens is 1. The molecule has 4 nitrogen and oxygen atoms in total. The summed E-state index contributed by atoms with van der Waals surface area (Å²) in [5, 5.41) is 17.4. The predicted octanol–water partition coefficient (Wildman–Crippen LogP) is 3.66. The number of para-hydroxylation sites is 1. The fourth-order valence-corrected chi connectivity index (χ4v) is 3.85. The Hall–Kier alpha value is -2.85. The molecule has 2 aromatic carbocycles. The highest BCUT2D eigenvalue weighted by atomic mass is 16.3. The molecular weight excluding hydrogens is 298 g/mol. The van der Waals surface area contributed by atoms with Crippen molar-refractivity contribution in [3.63, 3.8) is 0 Å². The molecule has 1 atom stereocenters. The van der Waals surface area contributed by atoms with Gasteiger partial charge in [0.25, 0.3) is 0 Å². The third kappa shape index (κ3) is 1.87. The van der Waals surface area contributed by atoms with Gasteiger partial charge in [0.05, 0.1) is 6.04 Å². The number of pyridine rings is 1. The van der Waals surface area contributed by atoms with Crippen molar-refractivity contribution in [1.82, 2.24) is 15.3 Å². The first kappa shape index (κ1) is 13.6. The van der Waals surface area contributed by atoms with Gasteiger partial charge in [0.1, 0.15) is 5.75 Å². The minimum absolute atomic E-state index is 0.0290. The summed E-state index contributed by atoms with van der Waals surface area (Å²) in [5.74, 6) is 0.332. The van der Waals surface area contributed by atoms with Gasteiger partial charge in [-0.05, 0) is 24.1 Å². The Morgan fingerprint density at radius 3 is 2.92 bits per heavy atom. The molecule has 1 aliphatic rings. The van der Waals surface area contributed by atoms with Gasteiger partial charge in [0.2, 0.25) is 0 Å². The third-order valence-corrected chi connectivity index (χ3v) is 4.99. The maximum absolute atomic E-state index is 10.8. The van der Waals surface area contributed by atoms with E-state index in [1.165, 1.54) is 10.9 Å². The van der Waals surface area contributed by atoms with Crippen LogP contribution in [0.5, 0.6) is 5.75 Å². The van der Waals surface area contributed by atoms with E-state index in [0.29, 0.717) is 5.75 Å². The third-order valence-electron chi connectivity index (χ3n) is 4.99. The van der Waals surface area contributed by atoms with Gasteiger partial charge in [-0.3, -0.25) is 4.98 Å². The van der Waals surface area contributed by atoms with Crippen LogP contribution in [-0.4, -0.2) is 21.6 Å².